The highest BCUT2D eigenvalue weighted by molar-refractivity contribution is 5.93. The number of carbonyl (C=O) groups is 1. The molecule has 0 aliphatic carbocycles. The van der Waals surface area contributed by atoms with Gasteiger partial charge in [-0.1, -0.05) is 18.2 Å². The van der Waals surface area contributed by atoms with Crippen LogP contribution in [0.15, 0.2) is 48.8 Å². The molecule has 4 N–H and O–H groups in total. The number of aromatic amines is 1. The number of hydrazine groups is 1. The number of pyridine rings is 1. The summed E-state index contributed by atoms with van der Waals surface area (Å²) in [5.74, 6) is 0.291. The molecule has 1 saturated heterocycles. The van der Waals surface area contributed by atoms with Crippen molar-refractivity contribution in [2.45, 2.75) is 24.9 Å². The summed E-state index contributed by atoms with van der Waals surface area (Å²) < 4.78 is 13.0. The van der Waals surface area contributed by atoms with Crippen molar-refractivity contribution < 1.29 is 9.18 Å². The zero-order valence-corrected chi connectivity index (χ0v) is 14.3. The summed E-state index contributed by atoms with van der Waals surface area (Å²) in [5, 5.41) is 9.50. The number of hydrogen-bond acceptors (Lipinski definition) is 6. The molecule has 138 valence electrons. The summed E-state index contributed by atoms with van der Waals surface area (Å²) in [6.07, 6.45) is 4.54. The van der Waals surface area contributed by atoms with Crippen molar-refractivity contribution in [1.82, 2.24) is 31.0 Å². The first-order valence-electron chi connectivity index (χ1n) is 8.55. The lowest BCUT2D eigenvalue weighted by atomic mass is 10.0. The standard InChI is InChI=1S/C18H18FN7O/c19-13-5-3-11(4-6-13)8-16-21-18(26-25-16)22-17(27)15-9-14(23-24-15)12-2-1-7-20-10-12/h1-7,10,14-15,23-24H,8-9H2,(H2,21,22,25,26,27). The summed E-state index contributed by atoms with van der Waals surface area (Å²) in [5.41, 5.74) is 8.00. The van der Waals surface area contributed by atoms with E-state index in [1.54, 1.807) is 24.5 Å². The molecule has 1 fully saturated rings. The fraction of sp³-hybridized carbons (Fsp3) is 0.222. The largest absolute Gasteiger partial charge is 0.292 e. The van der Waals surface area contributed by atoms with Gasteiger partial charge >= 0.3 is 0 Å². The van der Waals surface area contributed by atoms with E-state index in [4.69, 9.17) is 0 Å². The number of hydrogen-bond donors (Lipinski definition) is 4. The molecule has 1 aliphatic rings. The molecule has 0 spiro atoms. The molecule has 8 nitrogen and oxygen atoms in total. The van der Waals surface area contributed by atoms with Crippen molar-refractivity contribution >= 4 is 11.9 Å². The zero-order chi connectivity index (χ0) is 18.6. The van der Waals surface area contributed by atoms with Gasteiger partial charge in [-0.05, 0) is 35.7 Å². The Morgan fingerprint density at radius 1 is 1.22 bits per heavy atom. The second-order valence-electron chi connectivity index (χ2n) is 6.31. The Morgan fingerprint density at radius 2 is 2.07 bits per heavy atom. The summed E-state index contributed by atoms with van der Waals surface area (Å²) in [4.78, 5) is 20.8. The van der Waals surface area contributed by atoms with Crippen LogP contribution in [0.4, 0.5) is 10.3 Å². The number of halogens is 1. The van der Waals surface area contributed by atoms with Crippen LogP contribution < -0.4 is 16.2 Å². The van der Waals surface area contributed by atoms with E-state index < -0.39 is 6.04 Å². The molecule has 1 aliphatic heterocycles. The van der Waals surface area contributed by atoms with Crippen molar-refractivity contribution in [2.75, 3.05) is 5.32 Å². The van der Waals surface area contributed by atoms with Gasteiger partial charge in [-0.25, -0.2) is 15.2 Å². The molecule has 2 unspecified atom stereocenters. The molecule has 0 radical (unpaired) electrons. The van der Waals surface area contributed by atoms with Crippen molar-refractivity contribution in [2.24, 2.45) is 0 Å². The van der Waals surface area contributed by atoms with Gasteiger partial charge in [-0.2, -0.15) is 4.98 Å². The van der Waals surface area contributed by atoms with Gasteiger partial charge in [-0.15, -0.1) is 5.10 Å². The van der Waals surface area contributed by atoms with Crippen LogP contribution >= 0.6 is 0 Å². The van der Waals surface area contributed by atoms with Gasteiger partial charge in [0.1, 0.15) is 17.7 Å². The molecule has 9 heteroatoms. The van der Waals surface area contributed by atoms with E-state index in [1.165, 1.54) is 12.1 Å². The Kier molecular flexibility index (Phi) is 4.86. The third-order valence-electron chi connectivity index (χ3n) is 4.36. The summed E-state index contributed by atoms with van der Waals surface area (Å²) >= 11 is 0. The number of carbonyl (C=O) groups excluding carboxylic acids is 1. The minimum Gasteiger partial charge on any atom is -0.292 e. The summed E-state index contributed by atoms with van der Waals surface area (Å²) in [6, 6.07) is 9.58. The Hall–Kier alpha value is -3.17. The van der Waals surface area contributed by atoms with Crippen LogP contribution in [0.2, 0.25) is 0 Å². The van der Waals surface area contributed by atoms with Crippen LogP contribution in [0.25, 0.3) is 0 Å². The molecule has 0 saturated carbocycles. The van der Waals surface area contributed by atoms with E-state index in [0.29, 0.717) is 18.7 Å². The monoisotopic (exact) mass is 367 g/mol. The lowest BCUT2D eigenvalue weighted by Crippen LogP contribution is -2.39. The summed E-state index contributed by atoms with van der Waals surface area (Å²) in [6.45, 7) is 0. The van der Waals surface area contributed by atoms with Crippen LogP contribution in [-0.4, -0.2) is 32.1 Å². The van der Waals surface area contributed by atoms with E-state index in [2.05, 4.69) is 36.3 Å². The van der Waals surface area contributed by atoms with Crippen LogP contribution in [0.3, 0.4) is 0 Å². The third-order valence-corrected chi connectivity index (χ3v) is 4.36. The van der Waals surface area contributed by atoms with Gasteiger partial charge in [0.15, 0.2) is 0 Å². The predicted octanol–water partition coefficient (Wildman–Crippen LogP) is 1.48. The number of nitrogens with zero attached hydrogens (tertiary/aromatic N) is 3. The molecule has 3 aromatic rings. The Morgan fingerprint density at radius 3 is 2.85 bits per heavy atom. The van der Waals surface area contributed by atoms with E-state index in [9.17, 15) is 9.18 Å². The van der Waals surface area contributed by atoms with Gasteiger partial charge in [0.2, 0.25) is 11.9 Å². The number of aromatic nitrogens is 4. The lowest BCUT2D eigenvalue weighted by Gasteiger charge is -2.08. The smallest absolute Gasteiger partial charge is 0.248 e. The molecular formula is C18H18FN7O. The fourth-order valence-corrected chi connectivity index (χ4v) is 2.95. The number of H-pyrrole nitrogens is 1. The van der Waals surface area contributed by atoms with Gasteiger partial charge in [0, 0.05) is 24.9 Å². The molecule has 0 bridgehead atoms. The quantitative estimate of drug-likeness (QED) is 0.544. The Bertz CT molecular complexity index is 913. The number of anilines is 1. The molecule has 2 atom stereocenters. The van der Waals surface area contributed by atoms with Crippen LogP contribution in [-0.2, 0) is 11.2 Å². The van der Waals surface area contributed by atoms with E-state index in [1.807, 2.05) is 12.1 Å². The van der Waals surface area contributed by atoms with Gasteiger partial charge in [0.05, 0.1) is 0 Å². The van der Waals surface area contributed by atoms with Crippen molar-refractivity contribution in [3.8, 4) is 0 Å². The highest BCUT2D eigenvalue weighted by Crippen LogP contribution is 2.21. The Labute approximate surface area is 154 Å². The zero-order valence-electron chi connectivity index (χ0n) is 14.3. The molecule has 4 rings (SSSR count). The number of benzene rings is 1. The highest BCUT2D eigenvalue weighted by atomic mass is 19.1. The lowest BCUT2D eigenvalue weighted by molar-refractivity contribution is -0.117. The molecule has 1 aromatic carbocycles. The van der Waals surface area contributed by atoms with Crippen LogP contribution in [0, 0.1) is 5.82 Å². The third kappa shape index (κ3) is 4.15. The second-order valence-corrected chi connectivity index (χ2v) is 6.31. The molecule has 27 heavy (non-hydrogen) atoms. The number of nitrogens with one attached hydrogen (secondary N) is 4. The minimum atomic E-state index is -0.408. The fourth-order valence-electron chi connectivity index (χ4n) is 2.95. The van der Waals surface area contributed by atoms with Gasteiger partial charge < -0.3 is 0 Å². The van der Waals surface area contributed by atoms with Crippen LogP contribution in [0.1, 0.15) is 29.4 Å². The minimum absolute atomic E-state index is 0.00984. The molecule has 3 heterocycles. The van der Waals surface area contributed by atoms with E-state index in [-0.39, 0.29) is 23.7 Å². The SMILES string of the molecule is O=C(Nc1n[nH]c(Cc2ccc(F)cc2)n1)C1CC(c2cccnc2)NN1. The normalized spacial score (nSPS) is 19.1. The van der Waals surface area contributed by atoms with Crippen molar-refractivity contribution in [1.29, 1.82) is 0 Å². The average molecular weight is 367 g/mol. The van der Waals surface area contributed by atoms with Gasteiger partial charge in [0.25, 0.3) is 0 Å². The predicted molar refractivity (Wildman–Crippen MR) is 95.9 cm³/mol. The van der Waals surface area contributed by atoms with Crippen molar-refractivity contribution in [3.63, 3.8) is 0 Å². The number of rotatable bonds is 5. The molecular weight excluding hydrogens is 349 g/mol. The number of amides is 1. The first-order chi connectivity index (χ1) is 13.2. The maximum atomic E-state index is 13.0. The Balaban J connectivity index is 1.34. The van der Waals surface area contributed by atoms with E-state index in [0.717, 1.165) is 11.1 Å². The average Bonchev–Trinajstić information content (AvgIpc) is 3.34. The molecule has 1 amide bonds. The maximum Gasteiger partial charge on any atom is 0.248 e. The van der Waals surface area contributed by atoms with Gasteiger partial charge in [-0.3, -0.25) is 20.2 Å². The highest BCUT2D eigenvalue weighted by Gasteiger charge is 2.30. The van der Waals surface area contributed by atoms with E-state index >= 15 is 0 Å². The topological polar surface area (TPSA) is 108 Å². The second kappa shape index (κ2) is 7.60. The first-order valence-corrected chi connectivity index (χ1v) is 8.55. The maximum absolute atomic E-state index is 13.0. The molecule has 2 aromatic heterocycles. The summed E-state index contributed by atoms with van der Waals surface area (Å²) in [7, 11) is 0. The van der Waals surface area contributed by atoms with Crippen LogP contribution in [0.5, 0.6) is 0 Å². The van der Waals surface area contributed by atoms with Crippen molar-refractivity contribution in [3.05, 3.63) is 71.6 Å². The first kappa shape index (κ1) is 17.3.